The minimum absolute atomic E-state index is 0.134. The van der Waals surface area contributed by atoms with E-state index in [1.165, 1.54) is 3.97 Å². The van der Waals surface area contributed by atoms with Crippen molar-refractivity contribution in [2.45, 2.75) is 57.0 Å². The molecule has 2 aromatic heterocycles. The Morgan fingerprint density at radius 2 is 1.85 bits per heavy atom. The molecule has 1 aliphatic heterocycles. The molecule has 4 rings (SSSR count). The lowest BCUT2D eigenvalue weighted by Gasteiger charge is -2.31. The van der Waals surface area contributed by atoms with Gasteiger partial charge >= 0.3 is 0 Å². The monoisotopic (exact) mass is 470 g/mol. The van der Waals surface area contributed by atoms with Crippen LogP contribution in [0.15, 0.2) is 53.8 Å². The predicted octanol–water partition coefficient (Wildman–Crippen LogP) is 4.04. The molecule has 0 bridgehead atoms. The lowest BCUT2D eigenvalue weighted by atomic mass is 10.1. The quantitative estimate of drug-likeness (QED) is 0.516. The lowest BCUT2D eigenvalue weighted by molar-refractivity contribution is 0.187. The number of piperidine rings is 1. The van der Waals surface area contributed by atoms with E-state index in [1.807, 2.05) is 17.1 Å². The zero-order chi connectivity index (χ0) is 23.6. The van der Waals surface area contributed by atoms with Crippen LogP contribution >= 0.6 is 0 Å². The smallest absolute Gasteiger partial charge is 0.269 e. The molecule has 3 N–H and O–H groups in total. The molecule has 0 amide bonds. The van der Waals surface area contributed by atoms with Crippen LogP contribution in [0.1, 0.15) is 46.1 Å². The Hall–Kier alpha value is -2.78. The SMILES string of the molecule is CC[C@@H](C)Nc1c(-c2cnn(C3CCN(CC)CC3)c2)cn(S(=O)(=O)c2ccccc2)c1N. The predicted molar refractivity (Wildman–Crippen MR) is 133 cm³/mol. The summed E-state index contributed by atoms with van der Waals surface area (Å²) < 4.78 is 29.9. The third-order valence-electron chi connectivity index (χ3n) is 6.60. The molecule has 0 aliphatic carbocycles. The highest BCUT2D eigenvalue weighted by Gasteiger charge is 2.26. The summed E-state index contributed by atoms with van der Waals surface area (Å²) in [5.41, 5.74) is 8.66. The van der Waals surface area contributed by atoms with Crippen LogP contribution in [0.2, 0.25) is 0 Å². The summed E-state index contributed by atoms with van der Waals surface area (Å²) in [6, 6.07) is 8.85. The summed E-state index contributed by atoms with van der Waals surface area (Å²) in [4.78, 5) is 2.65. The molecule has 178 valence electrons. The van der Waals surface area contributed by atoms with Crippen molar-refractivity contribution in [3.05, 3.63) is 48.9 Å². The van der Waals surface area contributed by atoms with Gasteiger partial charge in [-0.25, -0.2) is 12.4 Å². The first-order valence-electron chi connectivity index (χ1n) is 11.7. The number of likely N-dealkylation sites (tertiary alicyclic amines) is 1. The number of anilines is 2. The van der Waals surface area contributed by atoms with Crippen molar-refractivity contribution in [2.24, 2.45) is 0 Å². The van der Waals surface area contributed by atoms with Gasteiger partial charge in [-0.3, -0.25) is 4.68 Å². The molecule has 3 aromatic rings. The van der Waals surface area contributed by atoms with Crippen LogP contribution < -0.4 is 11.1 Å². The lowest BCUT2D eigenvalue weighted by Crippen LogP contribution is -2.34. The van der Waals surface area contributed by atoms with Crippen LogP contribution in [0.4, 0.5) is 11.5 Å². The van der Waals surface area contributed by atoms with Gasteiger partial charge in [0, 0.05) is 42.7 Å². The standard InChI is InChI=1S/C24H34N6O2S/c1-4-18(3)27-23-22(17-30(24(23)25)33(31,32)21-9-7-6-8-10-21)19-15-26-29(16-19)20-11-13-28(5-2)14-12-20/h6-10,15-18,20,27H,4-5,11-14,25H2,1-3H3/t18-/m1/s1. The van der Waals surface area contributed by atoms with Crippen molar-refractivity contribution < 1.29 is 8.42 Å². The van der Waals surface area contributed by atoms with Crippen LogP contribution in [-0.2, 0) is 10.0 Å². The number of nitrogens with zero attached hydrogens (tertiary/aromatic N) is 4. The third kappa shape index (κ3) is 4.65. The van der Waals surface area contributed by atoms with Gasteiger partial charge in [0.2, 0.25) is 0 Å². The van der Waals surface area contributed by atoms with E-state index in [4.69, 9.17) is 5.73 Å². The van der Waals surface area contributed by atoms with Crippen molar-refractivity contribution in [3.8, 4) is 11.1 Å². The summed E-state index contributed by atoms with van der Waals surface area (Å²) in [7, 11) is -3.83. The molecule has 0 radical (unpaired) electrons. The second kappa shape index (κ2) is 9.61. The zero-order valence-corrected chi connectivity index (χ0v) is 20.4. The number of benzene rings is 1. The highest BCUT2D eigenvalue weighted by atomic mass is 32.2. The Labute approximate surface area is 196 Å². The Kier molecular flexibility index (Phi) is 6.81. The van der Waals surface area contributed by atoms with Gasteiger partial charge in [0.1, 0.15) is 5.82 Å². The molecular weight excluding hydrogens is 436 g/mol. The number of hydrogen-bond donors (Lipinski definition) is 2. The molecule has 33 heavy (non-hydrogen) atoms. The summed E-state index contributed by atoms with van der Waals surface area (Å²) >= 11 is 0. The third-order valence-corrected chi connectivity index (χ3v) is 8.29. The summed E-state index contributed by atoms with van der Waals surface area (Å²) in [6.07, 6.45) is 8.43. The van der Waals surface area contributed by atoms with Crippen molar-refractivity contribution in [3.63, 3.8) is 0 Å². The largest absolute Gasteiger partial charge is 0.383 e. The number of nitrogen functional groups attached to an aromatic ring is 1. The fourth-order valence-corrected chi connectivity index (χ4v) is 5.62. The van der Waals surface area contributed by atoms with E-state index >= 15 is 0 Å². The number of rotatable bonds is 8. The van der Waals surface area contributed by atoms with E-state index in [1.54, 1.807) is 36.5 Å². The fourth-order valence-electron chi connectivity index (χ4n) is 4.30. The van der Waals surface area contributed by atoms with Crippen molar-refractivity contribution in [1.82, 2.24) is 18.7 Å². The normalized spacial score (nSPS) is 16.7. The van der Waals surface area contributed by atoms with Gasteiger partial charge in [-0.05, 0) is 44.9 Å². The Morgan fingerprint density at radius 3 is 2.48 bits per heavy atom. The molecular formula is C24H34N6O2S. The highest BCUT2D eigenvalue weighted by molar-refractivity contribution is 7.90. The molecule has 1 atom stereocenters. The van der Waals surface area contributed by atoms with Gasteiger partial charge in [0.05, 0.1) is 22.8 Å². The van der Waals surface area contributed by atoms with Gasteiger partial charge < -0.3 is 16.0 Å². The van der Waals surface area contributed by atoms with E-state index in [0.29, 0.717) is 11.7 Å². The van der Waals surface area contributed by atoms with Crippen LogP contribution in [-0.4, -0.2) is 52.7 Å². The molecule has 0 spiro atoms. The minimum Gasteiger partial charge on any atom is -0.383 e. The molecule has 1 saturated heterocycles. The number of aromatic nitrogens is 3. The first-order chi connectivity index (χ1) is 15.8. The summed E-state index contributed by atoms with van der Waals surface area (Å²) in [5, 5.41) is 8.06. The second-order valence-electron chi connectivity index (χ2n) is 8.75. The average Bonchev–Trinajstić information content (AvgIpc) is 3.45. The molecule has 8 nitrogen and oxygen atoms in total. The number of hydrogen-bond acceptors (Lipinski definition) is 6. The van der Waals surface area contributed by atoms with E-state index in [9.17, 15) is 8.42 Å². The van der Waals surface area contributed by atoms with Gasteiger partial charge in [0.15, 0.2) is 0 Å². The van der Waals surface area contributed by atoms with Gasteiger partial charge in [-0.2, -0.15) is 5.10 Å². The topological polar surface area (TPSA) is 98.2 Å². The van der Waals surface area contributed by atoms with Crippen LogP contribution in [0, 0.1) is 0 Å². The first kappa shape index (κ1) is 23.4. The average molecular weight is 471 g/mol. The highest BCUT2D eigenvalue weighted by Crippen LogP contribution is 2.38. The maximum Gasteiger partial charge on any atom is 0.269 e. The Balaban J connectivity index is 1.72. The van der Waals surface area contributed by atoms with Crippen molar-refractivity contribution in [1.29, 1.82) is 0 Å². The number of nitrogens with one attached hydrogen (secondary N) is 1. The molecule has 1 fully saturated rings. The van der Waals surface area contributed by atoms with Gasteiger partial charge in [-0.1, -0.05) is 32.0 Å². The minimum atomic E-state index is -3.83. The second-order valence-corrected chi connectivity index (χ2v) is 10.6. The molecule has 1 aromatic carbocycles. The van der Waals surface area contributed by atoms with Crippen molar-refractivity contribution >= 4 is 21.5 Å². The van der Waals surface area contributed by atoms with Gasteiger partial charge in [-0.15, -0.1) is 0 Å². The summed E-state index contributed by atoms with van der Waals surface area (Å²) in [6.45, 7) is 9.52. The van der Waals surface area contributed by atoms with Crippen LogP contribution in [0.3, 0.4) is 0 Å². The fraction of sp³-hybridized carbons (Fsp3) is 0.458. The molecule has 0 saturated carbocycles. The molecule has 0 unspecified atom stereocenters. The molecule has 1 aliphatic rings. The van der Waals surface area contributed by atoms with E-state index < -0.39 is 10.0 Å². The first-order valence-corrected chi connectivity index (χ1v) is 13.1. The van der Waals surface area contributed by atoms with E-state index in [2.05, 4.69) is 36.1 Å². The van der Waals surface area contributed by atoms with Crippen molar-refractivity contribution in [2.75, 3.05) is 30.7 Å². The maximum atomic E-state index is 13.3. The number of nitrogens with two attached hydrogens (primary N) is 1. The Morgan fingerprint density at radius 1 is 1.15 bits per heavy atom. The maximum absolute atomic E-state index is 13.3. The Bertz CT molecular complexity index is 1180. The zero-order valence-electron chi connectivity index (χ0n) is 19.6. The van der Waals surface area contributed by atoms with E-state index in [0.717, 1.165) is 50.0 Å². The van der Waals surface area contributed by atoms with Crippen LogP contribution in [0.5, 0.6) is 0 Å². The van der Waals surface area contributed by atoms with Crippen LogP contribution in [0.25, 0.3) is 11.1 Å². The molecule has 9 heteroatoms. The van der Waals surface area contributed by atoms with E-state index in [-0.39, 0.29) is 16.8 Å². The van der Waals surface area contributed by atoms with Gasteiger partial charge in [0.25, 0.3) is 10.0 Å². The summed E-state index contributed by atoms with van der Waals surface area (Å²) in [5.74, 6) is 0.179. The molecule has 3 heterocycles.